The van der Waals surface area contributed by atoms with Gasteiger partial charge in [-0.2, -0.15) is 0 Å². The van der Waals surface area contributed by atoms with Crippen LogP contribution < -0.4 is 9.47 Å². The molecule has 130 valence electrons. The summed E-state index contributed by atoms with van der Waals surface area (Å²) in [5.41, 5.74) is 2.08. The number of thiophene rings is 1. The molecule has 1 aliphatic heterocycles. The first-order chi connectivity index (χ1) is 12.6. The molecule has 1 aromatic heterocycles. The molecule has 0 fully saturated rings. The molecule has 0 N–H and O–H groups in total. The lowest BCUT2D eigenvalue weighted by Gasteiger charge is -2.09. The highest BCUT2D eigenvalue weighted by atomic mass is 32.1. The molecule has 3 nitrogen and oxygen atoms in total. The van der Waals surface area contributed by atoms with Crippen molar-refractivity contribution in [3.8, 4) is 11.5 Å². The molecule has 0 atom stereocenters. The number of hydrogen-bond acceptors (Lipinski definition) is 4. The molecule has 0 spiro atoms. The normalized spacial score (nSPS) is 14.4. The van der Waals surface area contributed by atoms with Crippen molar-refractivity contribution in [3.05, 3.63) is 87.1 Å². The zero-order valence-electron chi connectivity index (χ0n) is 14.0. The Balaban J connectivity index is 1.57. The fourth-order valence-electron chi connectivity index (χ4n) is 2.86. The second-order valence-electron chi connectivity index (χ2n) is 5.99. The van der Waals surface area contributed by atoms with Gasteiger partial charge in [-0.25, -0.2) is 4.39 Å². The Hall–Kier alpha value is -2.92. The molecule has 0 saturated heterocycles. The second kappa shape index (κ2) is 6.77. The SMILES string of the molecule is Cc1cc(OCc2cccc(F)c2)cc2c1C(=O)/C(=C/c1cccs1)O2. The molecule has 0 aliphatic carbocycles. The molecule has 2 heterocycles. The first-order valence-corrected chi connectivity index (χ1v) is 8.98. The van der Waals surface area contributed by atoms with Gasteiger partial charge in [0.15, 0.2) is 5.76 Å². The summed E-state index contributed by atoms with van der Waals surface area (Å²) in [5, 5.41) is 1.95. The van der Waals surface area contributed by atoms with Crippen molar-refractivity contribution >= 4 is 23.2 Å². The Morgan fingerprint density at radius 2 is 2.08 bits per heavy atom. The Bertz CT molecular complexity index is 1010. The van der Waals surface area contributed by atoms with Crippen LogP contribution >= 0.6 is 11.3 Å². The summed E-state index contributed by atoms with van der Waals surface area (Å²) in [6.07, 6.45) is 1.75. The summed E-state index contributed by atoms with van der Waals surface area (Å²) in [5.74, 6) is 0.965. The van der Waals surface area contributed by atoms with Gasteiger partial charge >= 0.3 is 0 Å². The summed E-state index contributed by atoms with van der Waals surface area (Å²) in [7, 11) is 0. The molecular weight excluding hydrogens is 351 g/mol. The van der Waals surface area contributed by atoms with E-state index >= 15 is 0 Å². The molecule has 5 heteroatoms. The number of ketones is 1. The molecular formula is C21H15FO3S. The van der Waals surface area contributed by atoms with Crippen LogP contribution in [0.2, 0.25) is 0 Å². The van der Waals surface area contributed by atoms with Crippen LogP contribution in [0.4, 0.5) is 4.39 Å². The van der Waals surface area contributed by atoms with Gasteiger partial charge < -0.3 is 9.47 Å². The van der Waals surface area contributed by atoms with E-state index in [0.29, 0.717) is 22.8 Å². The highest BCUT2D eigenvalue weighted by Crippen LogP contribution is 2.38. The molecule has 1 aliphatic rings. The number of fused-ring (bicyclic) bond motifs is 1. The van der Waals surface area contributed by atoms with Crippen molar-refractivity contribution in [1.82, 2.24) is 0 Å². The van der Waals surface area contributed by atoms with E-state index in [-0.39, 0.29) is 18.2 Å². The largest absolute Gasteiger partial charge is 0.489 e. The topological polar surface area (TPSA) is 35.5 Å². The average Bonchev–Trinajstić information content (AvgIpc) is 3.22. The number of ether oxygens (including phenoxy) is 2. The Labute approximate surface area is 154 Å². The van der Waals surface area contributed by atoms with Crippen LogP contribution in [-0.4, -0.2) is 5.78 Å². The van der Waals surface area contributed by atoms with E-state index in [1.807, 2.05) is 24.4 Å². The maximum Gasteiger partial charge on any atom is 0.232 e. The van der Waals surface area contributed by atoms with Crippen molar-refractivity contribution in [1.29, 1.82) is 0 Å². The molecule has 0 saturated carbocycles. The van der Waals surface area contributed by atoms with E-state index in [9.17, 15) is 9.18 Å². The number of benzene rings is 2. The van der Waals surface area contributed by atoms with Gasteiger partial charge in [0.05, 0.1) is 5.56 Å². The fourth-order valence-corrected chi connectivity index (χ4v) is 3.50. The number of halogens is 1. The van der Waals surface area contributed by atoms with Crippen molar-refractivity contribution in [2.45, 2.75) is 13.5 Å². The van der Waals surface area contributed by atoms with Gasteiger partial charge in [0, 0.05) is 17.0 Å². The molecule has 0 radical (unpaired) electrons. The van der Waals surface area contributed by atoms with Gasteiger partial charge in [-0.05, 0) is 47.7 Å². The maximum atomic E-state index is 13.3. The summed E-state index contributed by atoms with van der Waals surface area (Å²) >= 11 is 1.54. The highest BCUT2D eigenvalue weighted by Gasteiger charge is 2.30. The molecule has 2 aromatic carbocycles. The smallest absolute Gasteiger partial charge is 0.232 e. The molecule has 0 amide bonds. The lowest BCUT2D eigenvalue weighted by Crippen LogP contribution is -2.00. The number of allylic oxidation sites excluding steroid dienone is 1. The fraction of sp³-hybridized carbons (Fsp3) is 0.0952. The van der Waals surface area contributed by atoms with Crippen LogP contribution in [0.5, 0.6) is 11.5 Å². The summed E-state index contributed by atoms with van der Waals surface area (Å²) in [6, 6.07) is 13.6. The van der Waals surface area contributed by atoms with Crippen LogP contribution in [0.3, 0.4) is 0 Å². The first-order valence-electron chi connectivity index (χ1n) is 8.10. The zero-order valence-corrected chi connectivity index (χ0v) is 14.8. The second-order valence-corrected chi connectivity index (χ2v) is 6.97. The van der Waals surface area contributed by atoms with Crippen molar-refractivity contribution in [3.63, 3.8) is 0 Å². The van der Waals surface area contributed by atoms with Gasteiger partial charge in [0.25, 0.3) is 0 Å². The van der Waals surface area contributed by atoms with E-state index in [2.05, 4.69) is 0 Å². The van der Waals surface area contributed by atoms with Gasteiger partial charge in [0.1, 0.15) is 23.9 Å². The Kier molecular flexibility index (Phi) is 4.31. The summed E-state index contributed by atoms with van der Waals surface area (Å²) < 4.78 is 24.8. The van der Waals surface area contributed by atoms with Gasteiger partial charge in [-0.15, -0.1) is 11.3 Å². The summed E-state index contributed by atoms with van der Waals surface area (Å²) in [6.45, 7) is 2.09. The lowest BCUT2D eigenvalue weighted by molar-refractivity contribution is 0.101. The third-order valence-corrected chi connectivity index (χ3v) is 4.87. The number of rotatable bonds is 4. The maximum absolute atomic E-state index is 13.3. The standard InChI is InChI=1S/C21H15FO3S/c1-13-8-16(24-12-14-4-2-5-15(22)9-14)10-18-20(13)21(23)19(25-18)11-17-6-3-7-26-17/h2-11H,12H2,1H3/b19-11-. The minimum absolute atomic E-state index is 0.123. The van der Waals surface area contributed by atoms with Crippen molar-refractivity contribution in [2.24, 2.45) is 0 Å². The first kappa shape index (κ1) is 16.5. The lowest BCUT2D eigenvalue weighted by atomic mass is 10.0. The van der Waals surface area contributed by atoms with E-state index in [4.69, 9.17) is 9.47 Å². The van der Waals surface area contributed by atoms with Gasteiger partial charge in [-0.1, -0.05) is 18.2 Å². The predicted octanol–water partition coefficient (Wildman–Crippen LogP) is 5.39. The van der Waals surface area contributed by atoms with Crippen LogP contribution in [0.15, 0.2) is 59.7 Å². The van der Waals surface area contributed by atoms with Crippen LogP contribution in [0, 0.1) is 12.7 Å². The third-order valence-electron chi connectivity index (χ3n) is 4.05. The van der Waals surface area contributed by atoms with Crippen molar-refractivity contribution in [2.75, 3.05) is 0 Å². The number of Topliss-reactive ketones (excluding diaryl/α,β-unsaturated/α-hetero) is 1. The van der Waals surface area contributed by atoms with E-state index in [0.717, 1.165) is 16.0 Å². The number of carbonyl (C=O) groups is 1. The number of hydrogen-bond donors (Lipinski definition) is 0. The number of aryl methyl sites for hydroxylation is 1. The van der Waals surface area contributed by atoms with Crippen LogP contribution in [0.25, 0.3) is 6.08 Å². The quantitative estimate of drug-likeness (QED) is 0.581. The molecule has 26 heavy (non-hydrogen) atoms. The number of carbonyl (C=O) groups excluding carboxylic acids is 1. The van der Waals surface area contributed by atoms with Crippen molar-refractivity contribution < 1.29 is 18.7 Å². The minimum Gasteiger partial charge on any atom is -0.489 e. The van der Waals surface area contributed by atoms with Gasteiger partial charge in [-0.3, -0.25) is 4.79 Å². The average molecular weight is 366 g/mol. The molecule has 4 rings (SSSR count). The Morgan fingerprint density at radius 1 is 1.19 bits per heavy atom. The monoisotopic (exact) mass is 366 g/mol. The van der Waals surface area contributed by atoms with Gasteiger partial charge in [0.2, 0.25) is 5.78 Å². The van der Waals surface area contributed by atoms with Crippen LogP contribution in [0.1, 0.15) is 26.4 Å². The molecule has 3 aromatic rings. The summed E-state index contributed by atoms with van der Waals surface area (Å²) in [4.78, 5) is 13.6. The zero-order chi connectivity index (χ0) is 18.1. The van der Waals surface area contributed by atoms with Crippen LogP contribution in [-0.2, 0) is 6.61 Å². The predicted molar refractivity (Wildman–Crippen MR) is 99.2 cm³/mol. The van der Waals surface area contributed by atoms with E-state index in [1.165, 1.54) is 12.1 Å². The Morgan fingerprint density at radius 3 is 2.85 bits per heavy atom. The highest BCUT2D eigenvalue weighted by molar-refractivity contribution is 7.10. The molecule has 0 bridgehead atoms. The van der Waals surface area contributed by atoms with E-state index in [1.54, 1.807) is 41.7 Å². The third kappa shape index (κ3) is 3.26. The molecule has 0 unspecified atom stereocenters. The minimum atomic E-state index is -0.298. The van der Waals surface area contributed by atoms with E-state index < -0.39 is 0 Å².